The molecule has 104 valence electrons. The fourth-order valence-corrected chi connectivity index (χ4v) is 2.38. The van der Waals surface area contributed by atoms with Gasteiger partial charge in [0.05, 0.1) is 0 Å². The largest absolute Gasteiger partial charge is 0.481 e. The van der Waals surface area contributed by atoms with E-state index in [0.717, 1.165) is 21.9 Å². The van der Waals surface area contributed by atoms with E-state index in [-0.39, 0.29) is 12.8 Å². The maximum absolute atomic E-state index is 10.8. The van der Waals surface area contributed by atoms with Crippen molar-refractivity contribution in [3.05, 3.63) is 47.5 Å². The van der Waals surface area contributed by atoms with Crippen LogP contribution in [0.5, 0.6) is 0 Å². The van der Waals surface area contributed by atoms with Crippen LogP contribution in [0.25, 0.3) is 10.8 Å². The average molecular weight is 272 g/mol. The lowest BCUT2D eigenvalue weighted by Gasteiger charge is -2.12. The molecule has 4 nitrogen and oxygen atoms in total. The molecule has 2 rings (SSSR count). The van der Waals surface area contributed by atoms with Crippen LogP contribution in [0.1, 0.15) is 24.0 Å². The van der Waals surface area contributed by atoms with Gasteiger partial charge in [-0.1, -0.05) is 36.4 Å². The molecule has 0 aromatic heterocycles. The first-order valence-corrected chi connectivity index (χ1v) is 6.51. The Balaban J connectivity index is 2.41. The molecule has 0 fully saturated rings. The van der Waals surface area contributed by atoms with Gasteiger partial charge in [-0.2, -0.15) is 0 Å². The zero-order valence-electron chi connectivity index (χ0n) is 11.0. The highest BCUT2D eigenvalue weighted by Crippen LogP contribution is 2.25. The maximum atomic E-state index is 10.8. The van der Waals surface area contributed by atoms with Crippen LogP contribution in [0.3, 0.4) is 0 Å². The topological polar surface area (TPSA) is 74.6 Å². The van der Waals surface area contributed by atoms with Gasteiger partial charge < -0.3 is 10.2 Å². The first-order chi connectivity index (χ1) is 9.58. The Hall–Kier alpha value is -2.36. The molecule has 20 heavy (non-hydrogen) atoms. The molecule has 0 aliphatic carbocycles. The lowest BCUT2D eigenvalue weighted by molar-refractivity contribution is -0.138. The van der Waals surface area contributed by atoms with Gasteiger partial charge in [-0.3, -0.25) is 9.59 Å². The molecule has 2 aromatic carbocycles. The highest BCUT2D eigenvalue weighted by Gasteiger charge is 2.10. The zero-order valence-corrected chi connectivity index (χ0v) is 11.0. The number of carboxylic acids is 2. The van der Waals surface area contributed by atoms with E-state index in [0.29, 0.717) is 12.8 Å². The van der Waals surface area contributed by atoms with Crippen LogP contribution >= 0.6 is 0 Å². The fourth-order valence-electron chi connectivity index (χ4n) is 2.38. The van der Waals surface area contributed by atoms with Gasteiger partial charge in [0, 0.05) is 12.8 Å². The Kier molecular flexibility index (Phi) is 4.35. The molecule has 0 atom stereocenters. The first-order valence-electron chi connectivity index (χ1n) is 6.51. The number of hydrogen-bond donors (Lipinski definition) is 2. The quantitative estimate of drug-likeness (QED) is 0.848. The lowest BCUT2D eigenvalue weighted by atomic mass is 9.93. The summed E-state index contributed by atoms with van der Waals surface area (Å²) in [4.78, 5) is 21.5. The van der Waals surface area contributed by atoms with Crippen molar-refractivity contribution >= 4 is 22.7 Å². The second-order valence-corrected chi connectivity index (χ2v) is 4.71. The van der Waals surface area contributed by atoms with Crippen molar-refractivity contribution in [1.82, 2.24) is 0 Å². The maximum Gasteiger partial charge on any atom is 0.303 e. The molecule has 4 heteroatoms. The highest BCUT2D eigenvalue weighted by atomic mass is 16.4. The van der Waals surface area contributed by atoms with E-state index in [9.17, 15) is 9.59 Å². The van der Waals surface area contributed by atoms with Crippen molar-refractivity contribution in [3.63, 3.8) is 0 Å². The van der Waals surface area contributed by atoms with Crippen LogP contribution < -0.4 is 0 Å². The molecular weight excluding hydrogens is 256 g/mol. The molecular formula is C16H16O4. The third kappa shape index (κ3) is 3.35. The van der Waals surface area contributed by atoms with Gasteiger partial charge in [-0.15, -0.1) is 0 Å². The van der Waals surface area contributed by atoms with Crippen LogP contribution in [-0.4, -0.2) is 22.2 Å². The summed E-state index contributed by atoms with van der Waals surface area (Å²) in [6, 6.07) is 11.6. The third-order valence-electron chi connectivity index (χ3n) is 3.33. The normalized spacial score (nSPS) is 10.6. The van der Waals surface area contributed by atoms with Crippen molar-refractivity contribution in [2.45, 2.75) is 25.7 Å². The van der Waals surface area contributed by atoms with E-state index in [1.807, 2.05) is 36.4 Å². The van der Waals surface area contributed by atoms with Gasteiger partial charge >= 0.3 is 11.9 Å². The molecule has 0 amide bonds. The molecule has 0 aliphatic rings. The molecule has 0 heterocycles. The van der Waals surface area contributed by atoms with Crippen LogP contribution in [0, 0.1) is 0 Å². The summed E-state index contributed by atoms with van der Waals surface area (Å²) in [6.45, 7) is 0. The van der Waals surface area contributed by atoms with Crippen molar-refractivity contribution < 1.29 is 19.8 Å². The minimum atomic E-state index is -0.845. The van der Waals surface area contributed by atoms with Crippen LogP contribution in [0.2, 0.25) is 0 Å². The summed E-state index contributed by atoms with van der Waals surface area (Å²) in [5.41, 5.74) is 1.87. The second-order valence-electron chi connectivity index (χ2n) is 4.71. The third-order valence-corrected chi connectivity index (χ3v) is 3.33. The van der Waals surface area contributed by atoms with Crippen molar-refractivity contribution in [3.8, 4) is 0 Å². The summed E-state index contributed by atoms with van der Waals surface area (Å²) < 4.78 is 0. The molecule has 0 bridgehead atoms. The number of fused-ring (bicyclic) bond motifs is 1. The number of aliphatic carboxylic acids is 2. The number of hydrogen-bond acceptors (Lipinski definition) is 2. The van der Waals surface area contributed by atoms with E-state index >= 15 is 0 Å². The van der Waals surface area contributed by atoms with Gasteiger partial charge in [-0.05, 0) is 34.7 Å². The Bertz CT molecular complexity index is 646. The van der Waals surface area contributed by atoms with Gasteiger partial charge in [-0.25, -0.2) is 0 Å². The Morgan fingerprint density at radius 3 is 2.20 bits per heavy atom. The summed E-state index contributed by atoms with van der Waals surface area (Å²) in [5.74, 6) is -1.69. The van der Waals surface area contributed by atoms with Crippen LogP contribution in [0.4, 0.5) is 0 Å². The summed E-state index contributed by atoms with van der Waals surface area (Å²) in [6.07, 6.45) is 0.952. The first kappa shape index (κ1) is 14.1. The van der Waals surface area contributed by atoms with Crippen molar-refractivity contribution in [1.29, 1.82) is 0 Å². The van der Waals surface area contributed by atoms with Crippen LogP contribution in [0.15, 0.2) is 36.4 Å². The van der Waals surface area contributed by atoms with Crippen molar-refractivity contribution in [2.24, 2.45) is 0 Å². The van der Waals surface area contributed by atoms with Gasteiger partial charge in [0.2, 0.25) is 0 Å². The van der Waals surface area contributed by atoms with Gasteiger partial charge in [0.1, 0.15) is 0 Å². The molecule has 0 saturated carbocycles. The number of rotatable bonds is 6. The highest BCUT2D eigenvalue weighted by molar-refractivity contribution is 5.87. The summed E-state index contributed by atoms with van der Waals surface area (Å²) in [7, 11) is 0. The fraction of sp³-hybridized carbons (Fsp3) is 0.250. The Morgan fingerprint density at radius 1 is 0.850 bits per heavy atom. The number of benzene rings is 2. The molecule has 0 aliphatic heterocycles. The molecule has 2 aromatic rings. The molecule has 0 spiro atoms. The summed E-state index contributed by atoms with van der Waals surface area (Å²) >= 11 is 0. The zero-order chi connectivity index (χ0) is 14.5. The van der Waals surface area contributed by atoms with Gasteiger partial charge in [0.25, 0.3) is 0 Å². The van der Waals surface area contributed by atoms with E-state index in [1.165, 1.54) is 0 Å². The number of aryl methyl sites for hydroxylation is 2. The summed E-state index contributed by atoms with van der Waals surface area (Å²) in [5, 5.41) is 19.7. The van der Waals surface area contributed by atoms with Crippen LogP contribution in [-0.2, 0) is 22.4 Å². The standard InChI is InChI=1S/C16H16O4/c17-15(18)9-7-12-6-5-11-3-1-2-4-13(11)14(12)8-10-16(19)20/h1-6H,7-10H2,(H,17,18)(H,19,20). The van der Waals surface area contributed by atoms with Gasteiger partial charge in [0.15, 0.2) is 0 Å². The Labute approximate surface area is 116 Å². The van der Waals surface area contributed by atoms with E-state index in [4.69, 9.17) is 10.2 Å². The minimum Gasteiger partial charge on any atom is -0.481 e. The number of carboxylic acid groups (broad SMARTS) is 2. The predicted octanol–water partition coefficient (Wildman–Crippen LogP) is 2.87. The minimum absolute atomic E-state index is 0.0497. The Morgan fingerprint density at radius 2 is 1.50 bits per heavy atom. The number of carbonyl (C=O) groups is 2. The monoisotopic (exact) mass is 272 g/mol. The predicted molar refractivity (Wildman–Crippen MR) is 75.9 cm³/mol. The van der Waals surface area contributed by atoms with E-state index in [1.54, 1.807) is 0 Å². The molecule has 0 unspecified atom stereocenters. The smallest absolute Gasteiger partial charge is 0.303 e. The van der Waals surface area contributed by atoms with Crippen molar-refractivity contribution in [2.75, 3.05) is 0 Å². The average Bonchev–Trinajstić information content (AvgIpc) is 2.42. The van der Waals surface area contributed by atoms with E-state index < -0.39 is 11.9 Å². The SMILES string of the molecule is O=C(O)CCc1ccc2ccccc2c1CCC(=O)O. The second kappa shape index (κ2) is 6.19. The molecule has 2 N–H and O–H groups in total. The lowest BCUT2D eigenvalue weighted by Crippen LogP contribution is -2.04. The van der Waals surface area contributed by atoms with E-state index in [2.05, 4.69) is 0 Å². The molecule has 0 saturated heterocycles. The molecule has 0 radical (unpaired) electrons.